The quantitative estimate of drug-likeness (QED) is 0.769. The van der Waals surface area contributed by atoms with Gasteiger partial charge in [-0.15, -0.1) is 0 Å². The summed E-state index contributed by atoms with van der Waals surface area (Å²) in [5.74, 6) is 0. The summed E-state index contributed by atoms with van der Waals surface area (Å²) in [6.45, 7) is 2.06. The summed E-state index contributed by atoms with van der Waals surface area (Å²) in [6, 6.07) is 14.4. The summed E-state index contributed by atoms with van der Waals surface area (Å²) in [4.78, 5) is 4.39. The third kappa shape index (κ3) is 2.53. The standard InChI is InChI=1S/C18H17ClN2/c1-12-14(8-5-9-17(12)19)18(20-2)16-11-21-10-13-6-3-4-7-15(13)16/h3-11,18,20H,1-2H3. The number of hydrogen-bond donors (Lipinski definition) is 1. The molecule has 2 nitrogen and oxygen atoms in total. The summed E-state index contributed by atoms with van der Waals surface area (Å²) in [6.07, 6.45) is 3.83. The van der Waals surface area contributed by atoms with Crippen molar-refractivity contribution in [2.24, 2.45) is 0 Å². The first-order chi connectivity index (χ1) is 10.2. The molecule has 1 N–H and O–H groups in total. The van der Waals surface area contributed by atoms with Gasteiger partial charge in [-0.2, -0.15) is 0 Å². The predicted octanol–water partition coefficient (Wildman–Crippen LogP) is 4.51. The maximum absolute atomic E-state index is 6.28. The van der Waals surface area contributed by atoms with E-state index in [9.17, 15) is 0 Å². The lowest BCUT2D eigenvalue weighted by Crippen LogP contribution is -2.19. The topological polar surface area (TPSA) is 24.9 Å². The second-order valence-electron chi connectivity index (χ2n) is 5.13. The first kappa shape index (κ1) is 14.1. The van der Waals surface area contributed by atoms with E-state index in [1.165, 1.54) is 16.5 Å². The van der Waals surface area contributed by atoms with Gasteiger partial charge in [0.05, 0.1) is 6.04 Å². The van der Waals surface area contributed by atoms with Gasteiger partial charge in [0.1, 0.15) is 0 Å². The normalized spacial score (nSPS) is 12.5. The fourth-order valence-electron chi connectivity index (χ4n) is 2.79. The highest BCUT2D eigenvalue weighted by Crippen LogP contribution is 2.31. The fraction of sp³-hybridized carbons (Fsp3) is 0.167. The Morgan fingerprint density at radius 3 is 2.62 bits per heavy atom. The zero-order valence-electron chi connectivity index (χ0n) is 12.1. The number of benzene rings is 2. The van der Waals surface area contributed by atoms with E-state index in [1.54, 1.807) is 0 Å². The summed E-state index contributed by atoms with van der Waals surface area (Å²) in [5, 5.41) is 6.55. The Kier molecular flexibility index (Phi) is 3.91. The second kappa shape index (κ2) is 5.84. The van der Waals surface area contributed by atoms with E-state index >= 15 is 0 Å². The minimum absolute atomic E-state index is 0.0716. The predicted molar refractivity (Wildman–Crippen MR) is 88.8 cm³/mol. The molecule has 0 bridgehead atoms. The number of nitrogens with one attached hydrogen (secondary N) is 1. The van der Waals surface area contributed by atoms with Gasteiger partial charge in [0.2, 0.25) is 0 Å². The molecule has 0 fully saturated rings. The average molecular weight is 297 g/mol. The molecular weight excluding hydrogens is 280 g/mol. The van der Waals surface area contributed by atoms with Gasteiger partial charge in [-0.25, -0.2) is 0 Å². The van der Waals surface area contributed by atoms with Gasteiger partial charge in [-0.05, 0) is 42.1 Å². The molecule has 2 aromatic carbocycles. The summed E-state index contributed by atoms with van der Waals surface area (Å²) in [5.41, 5.74) is 3.45. The van der Waals surface area contributed by atoms with Crippen LogP contribution >= 0.6 is 11.6 Å². The van der Waals surface area contributed by atoms with Crippen LogP contribution in [0.4, 0.5) is 0 Å². The minimum atomic E-state index is 0.0716. The van der Waals surface area contributed by atoms with Crippen LogP contribution < -0.4 is 5.32 Å². The number of pyridine rings is 1. The third-order valence-corrected chi connectivity index (χ3v) is 4.33. The highest BCUT2D eigenvalue weighted by Gasteiger charge is 2.17. The number of hydrogen-bond acceptors (Lipinski definition) is 2. The molecule has 1 heterocycles. The van der Waals surface area contributed by atoms with Gasteiger partial charge in [0.25, 0.3) is 0 Å². The molecule has 0 aliphatic carbocycles. The largest absolute Gasteiger partial charge is 0.309 e. The summed E-state index contributed by atoms with van der Waals surface area (Å²) >= 11 is 6.28. The van der Waals surface area contributed by atoms with Crippen LogP contribution in [0.3, 0.4) is 0 Å². The van der Waals surface area contributed by atoms with Crippen molar-refractivity contribution in [1.29, 1.82) is 0 Å². The molecule has 0 aliphatic rings. The summed E-state index contributed by atoms with van der Waals surface area (Å²) < 4.78 is 0. The molecule has 0 aliphatic heterocycles. The van der Waals surface area contributed by atoms with Gasteiger partial charge in [0, 0.05) is 22.8 Å². The number of fused-ring (bicyclic) bond motifs is 1. The molecule has 0 spiro atoms. The van der Waals surface area contributed by atoms with Gasteiger partial charge >= 0.3 is 0 Å². The molecule has 0 saturated carbocycles. The van der Waals surface area contributed by atoms with Crippen molar-refractivity contribution in [3.05, 3.63) is 76.6 Å². The molecule has 0 saturated heterocycles. The molecular formula is C18H17ClN2. The number of aromatic nitrogens is 1. The lowest BCUT2D eigenvalue weighted by molar-refractivity contribution is 0.690. The Balaban J connectivity index is 2.21. The lowest BCUT2D eigenvalue weighted by atomic mass is 9.93. The SMILES string of the molecule is CNC(c1cccc(Cl)c1C)c1cncc2ccccc12. The van der Waals surface area contributed by atoms with Crippen molar-refractivity contribution < 1.29 is 0 Å². The number of nitrogens with zero attached hydrogens (tertiary/aromatic N) is 1. The zero-order chi connectivity index (χ0) is 14.8. The van der Waals surface area contributed by atoms with E-state index in [2.05, 4.69) is 41.5 Å². The number of rotatable bonds is 3. The smallest absolute Gasteiger partial charge is 0.0598 e. The van der Waals surface area contributed by atoms with Gasteiger partial charge in [-0.1, -0.05) is 48.0 Å². The Hall–Kier alpha value is -1.90. The van der Waals surface area contributed by atoms with E-state index in [-0.39, 0.29) is 6.04 Å². The van der Waals surface area contributed by atoms with Crippen LogP contribution in [0.1, 0.15) is 22.7 Å². The highest BCUT2D eigenvalue weighted by atomic mass is 35.5. The van der Waals surface area contributed by atoms with Crippen LogP contribution in [-0.4, -0.2) is 12.0 Å². The Morgan fingerprint density at radius 1 is 1.00 bits per heavy atom. The maximum atomic E-state index is 6.28. The van der Waals surface area contributed by atoms with Gasteiger partial charge in [0.15, 0.2) is 0 Å². The van der Waals surface area contributed by atoms with Gasteiger partial charge < -0.3 is 5.32 Å². The van der Waals surface area contributed by atoms with Crippen molar-refractivity contribution in [2.45, 2.75) is 13.0 Å². The first-order valence-corrected chi connectivity index (χ1v) is 7.35. The van der Waals surface area contributed by atoms with Gasteiger partial charge in [-0.3, -0.25) is 4.98 Å². The zero-order valence-corrected chi connectivity index (χ0v) is 12.9. The van der Waals surface area contributed by atoms with Crippen LogP contribution in [0.5, 0.6) is 0 Å². The van der Waals surface area contributed by atoms with Crippen LogP contribution in [-0.2, 0) is 0 Å². The Morgan fingerprint density at radius 2 is 1.81 bits per heavy atom. The molecule has 21 heavy (non-hydrogen) atoms. The van der Waals surface area contributed by atoms with Crippen LogP contribution in [0.15, 0.2) is 54.9 Å². The molecule has 1 atom stereocenters. The number of halogens is 1. The maximum Gasteiger partial charge on any atom is 0.0598 e. The van der Waals surface area contributed by atoms with Crippen molar-refractivity contribution >= 4 is 22.4 Å². The molecule has 3 aromatic rings. The molecule has 3 heteroatoms. The van der Waals surface area contributed by atoms with E-state index in [4.69, 9.17) is 11.6 Å². The Labute approximate surface area is 129 Å². The van der Waals surface area contributed by atoms with E-state index in [0.29, 0.717) is 0 Å². The Bertz CT molecular complexity index is 778. The van der Waals surface area contributed by atoms with Crippen molar-refractivity contribution in [3.63, 3.8) is 0 Å². The molecule has 1 aromatic heterocycles. The molecule has 3 rings (SSSR count). The molecule has 1 unspecified atom stereocenters. The van der Waals surface area contributed by atoms with Crippen molar-refractivity contribution in [2.75, 3.05) is 7.05 Å². The van der Waals surface area contributed by atoms with E-state index in [1.807, 2.05) is 37.6 Å². The fourth-order valence-corrected chi connectivity index (χ4v) is 2.97. The second-order valence-corrected chi connectivity index (χ2v) is 5.53. The van der Waals surface area contributed by atoms with Crippen molar-refractivity contribution in [3.8, 4) is 0 Å². The molecule has 0 amide bonds. The monoisotopic (exact) mass is 296 g/mol. The van der Waals surface area contributed by atoms with Crippen molar-refractivity contribution in [1.82, 2.24) is 10.3 Å². The lowest BCUT2D eigenvalue weighted by Gasteiger charge is -2.21. The van der Waals surface area contributed by atoms with E-state index < -0.39 is 0 Å². The summed E-state index contributed by atoms with van der Waals surface area (Å²) in [7, 11) is 1.97. The molecule has 106 valence electrons. The third-order valence-electron chi connectivity index (χ3n) is 3.92. The average Bonchev–Trinajstić information content (AvgIpc) is 2.52. The van der Waals surface area contributed by atoms with Crippen LogP contribution in [0, 0.1) is 6.92 Å². The molecule has 0 radical (unpaired) electrons. The van der Waals surface area contributed by atoms with Crippen LogP contribution in [0.2, 0.25) is 5.02 Å². The van der Waals surface area contributed by atoms with Crippen LogP contribution in [0.25, 0.3) is 10.8 Å². The minimum Gasteiger partial charge on any atom is -0.309 e. The first-order valence-electron chi connectivity index (χ1n) is 6.97. The highest BCUT2D eigenvalue weighted by molar-refractivity contribution is 6.31. The van der Waals surface area contributed by atoms with E-state index in [0.717, 1.165) is 16.0 Å².